The molecule has 1 aromatic carbocycles. The van der Waals surface area contributed by atoms with Gasteiger partial charge in [-0.2, -0.15) is 4.31 Å². The van der Waals surface area contributed by atoms with Crippen LogP contribution in [0.5, 0.6) is 0 Å². The van der Waals surface area contributed by atoms with Gasteiger partial charge in [0.15, 0.2) is 10.9 Å². The third kappa shape index (κ3) is 5.04. The maximum Gasteiger partial charge on any atom is 0.293 e. The molecule has 0 bridgehead atoms. The summed E-state index contributed by atoms with van der Waals surface area (Å²) >= 11 is 1.23. The van der Waals surface area contributed by atoms with Crippen LogP contribution in [-0.2, 0) is 10.0 Å². The van der Waals surface area contributed by atoms with E-state index < -0.39 is 15.9 Å². The number of carbonyl (C=O) groups is 1. The maximum absolute atomic E-state index is 13.2. The molecule has 0 unspecified atom stereocenters. The molecule has 0 aliphatic heterocycles. The highest BCUT2D eigenvalue weighted by Gasteiger charge is 2.24. The first-order valence-electron chi connectivity index (χ1n) is 9.71. The highest BCUT2D eigenvalue weighted by molar-refractivity contribution is 7.89. The Balaban J connectivity index is 1.84. The second kappa shape index (κ2) is 9.51. The quantitative estimate of drug-likeness (QED) is 0.497. The lowest BCUT2D eigenvalue weighted by Gasteiger charge is -2.21. The van der Waals surface area contributed by atoms with E-state index in [0.29, 0.717) is 28.4 Å². The summed E-state index contributed by atoms with van der Waals surface area (Å²) in [7, 11) is -3.58. The molecule has 3 aromatic rings. The molecule has 1 amide bonds. The first-order chi connectivity index (χ1) is 14.0. The van der Waals surface area contributed by atoms with E-state index in [1.54, 1.807) is 34.6 Å². The summed E-state index contributed by atoms with van der Waals surface area (Å²) in [6, 6.07) is 8.09. The van der Waals surface area contributed by atoms with Gasteiger partial charge < -0.3 is 4.42 Å². The largest absolute Gasteiger partial charge is 0.459 e. The monoisotopic (exact) mass is 435 g/mol. The molecule has 29 heavy (non-hydrogen) atoms. The van der Waals surface area contributed by atoms with E-state index in [-0.39, 0.29) is 10.7 Å². The Hall–Kier alpha value is -2.23. The molecule has 0 atom stereocenters. The van der Waals surface area contributed by atoms with Crippen molar-refractivity contribution in [3.05, 3.63) is 42.4 Å². The third-order valence-corrected chi connectivity index (χ3v) is 7.31. The lowest BCUT2D eigenvalue weighted by atomic mass is 10.3. The summed E-state index contributed by atoms with van der Waals surface area (Å²) in [6.45, 7) is 5.13. The van der Waals surface area contributed by atoms with Gasteiger partial charge in [-0.25, -0.2) is 13.4 Å². The maximum atomic E-state index is 13.2. The van der Waals surface area contributed by atoms with Crippen molar-refractivity contribution >= 4 is 42.6 Å². The molecule has 3 rings (SSSR count). The number of hydrogen-bond donors (Lipinski definition) is 1. The van der Waals surface area contributed by atoms with Gasteiger partial charge in [0.05, 0.1) is 21.4 Å². The van der Waals surface area contributed by atoms with E-state index in [9.17, 15) is 13.2 Å². The molecule has 9 heteroatoms. The molecule has 7 nitrogen and oxygen atoms in total. The Labute approximate surface area is 174 Å². The van der Waals surface area contributed by atoms with Crippen molar-refractivity contribution in [1.29, 1.82) is 0 Å². The number of aromatic nitrogens is 1. The summed E-state index contributed by atoms with van der Waals surface area (Å²) in [4.78, 5) is 16.7. The minimum absolute atomic E-state index is 0.190. The molecule has 0 fully saturated rings. The molecule has 0 spiro atoms. The second-order valence-electron chi connectivity index (χ2n) is 6.69. The van der Waals surface area contributed by atoms with E-state index in [4.69, 9.17) is 4.42 Å². The van der Waals surface area contributed by atoms with Crippen molar-refractivity contribution < 1.29 is 17.6 Å². The Bertz CT molecular complexity index is 1050. The van der Waals surface area contributed by atoms with Gasteiger partial charge in [0.2, 0.25) is 10.0 Å². The topological polar surface area (TPSA) is 92.5 Å². The van der Waals surface area contributed by atoms with Crippen molar-refractivity contribution in [2.75, 3.05) is 18.4 Å². The number of thiazole rings is 1. The van der Waals surface area contributed by atoms with Gasteiger partial charge in [-0.3, -0.25) is 10.1 Å². The Morgan fingerprint density at radius 3 is 2.52 bits per heavy atom. The minimum Gasteiger partial charge on any atom is -0.459 e. The van der Waals surface area contributed by atoms with Crippen LogP contribution in [-0.4, -0.2) is 36.7 Å². The summed E-state index contributed by atoms with van der Waals surface area (Å²) in [6.07, 6.45) is 4.95. The third-order valence-electron chi connectivity index (χ3n) is 4.49. The molecule has 0 radical (unpaired) electrons. The molecule has 0 aliphatic carbocycles. The normalized spacial score (nSPS) is 12.0. The van der Waals surface area contributed by atoms with Crippen molar-refractivity contribution in [2.45, 2.75) is 44.4 Å². The van der Waals surface area contributed by atoms with E-state index in [0.717, 1.165) is 25.7 Å². The summed E-state index contributed by atoms with van der Waals surface area (Å²) in [5, 5.41) is 3.08. The highest BCUT2D eigenvalue weighted by Crippen LogP contribution is 2.29. The lowest BCUT2D eigenvalue weighted by Crippen LogP contribution is -2.33. The van der Waals surface area contributed by atoms with Crippen LogP contribution in [0, 0.1) is 0 Å². The zero-order valence-electron chi connectivity index (χ0n) is 16.6. The van der Waals surface area contributed by atoms with Gasteiger partial charge in [-0.1, -0.05) is 38.0 Å². The lowest BCUT2D eigenvalue weighted by molar-refractivity contribution is 0.0996. The van der Waals surface area contributed by atoms with Crippen LogP contribution >= 0.6 is 11.3 Å². The predicted molar refractivity (Wildman–Crippen MR) is 115 cm³/mol. The summed E-state index contributed by atoms with van der Waals surface area (Å²) in [5.41, 5.74) is 0.636. The number of sulfonamides is 1. The average molecular weight is 436 g/mol. The summed E-state index contributed by atoms with van der Waals surface area (Å²) in [5.74, 6) is -0.206. The molecular formula is C20H25N3O4S2. The highest BCUT2D eigenvalue weighted by atomic mass is 32.2. The first kappa shape index (κ1) is 21.5. The molecule has 1 N–H and O–H groups in total. The number of rotatable bonds is 10. The van der Waals surface area contributed by atoms with Crippen molar-refractivity contribution in [3.63, 3.8) is 0 Å². The van der Waals surface area contributed by atoms with E-state index >= 15 is 0 Å². The molecule has 156 valence electrons. The van der Waals surface area contributed by atoms with E-state index in [1.807, 2.05) is 13.8 Å². The number of amides is 1. The van der Waals surface area contributed by atoms with Crippen LogP contribution in [0.4, 0.5) is 5.13 Å². The van der Waals surface area contributed by atoms with Crippen LogP contribution in [0.25, 0.3) is 10.2 Å². The standard InChI is InChI=1S/C20H25N3O4S2/c1-3-5-11-23(12-6-4-2)29(25,26)15-9-10-16-18(14-15)28-20(21-16)22-19(24)17-8-7-13-27-17/h7-10,13-14H,3-6,11-12H2,1-2H3,(H,21,22,24). The fourth-order valence-electron chi connectivity index (χ4n) is 2.86. The molecule has 2 aromatic heterocycles. The molecular weight excluding hydrogens is 410 g/mol. The SMILES string of the molecule is CCCCN(CCCC)S(=O)(=O)c1ccc2nc(NC(=O)c3ccco3)sc2c1. The van der Waals surface area contributed by atoms with E-state index in [2.05, 4.69) is 10.3 Å². The molecule has 2 heterocycles. The molecule has 0 saturated carbocycles. The second-order valence-corrected chi connectivity index (χ2v) is 9.66. The zero-order chi connectivity index (χ0) is 20.9. The van der Waals surface area contributed by atoms with Gasteiger partial charge in [0.25, 0.3) is 5.91 Å². The van der Waals surface area contributed by atoms with Crippen LogP contribution < -0.4 is 5.32 Å². The molecule has 0 saturated heterocycles. The average Bonchev–Trinajstić information content (AvgIpc) is 3.36. The fourth-order valence-corrected chi connectivity index (χ4v) is 5.37. The summed E-state index contributed by atoms with van der Waals surface area (Å²) < 4.78 is 33.7. The van der Waals surface area contributed by atoms with E-state index in [1.165, 1.54) is 17.6 Å². The molecule has 0 aliphatic rings. The van der Waals surface area contributed by atoms with Gasteiger partial charge in [-0.15, -0.1) is 0 Å². The number of furan rings is 1. The van der Waals surface area contributed by atoms with Gasteiger partial charge in [0, 0.05) is 13.1 Å². The number of hydrogen-bond acceptors (Lipinski definition) is 6. The Morgan fingerprint density at radius 2 is 1.90 bits per heavy atom. The van der Waals surface area contributed by atoms with Crippen LogP contribution in [0.1, 0.15) is 50.1 Å². The van der Waals surface area contributed by atoms with Crippen LogP contribution in [0.15, 0.2) is 45.9 Å². The fraction of sp³-hybridized carbons (Fsp3) is 0.400. The van der Waals surface area contributed by atoms with Gasteiger partial charge >= 0.3 is 0 Å². The van der Waals surface area contributed by atoms with Crippen molar-refractivity contribution in [2.24, 2.45) is 0 Å². The number of carbonyl (C=O) groups excluding carboxylic acids is 1. The van der Waals surface area contributed by atoms with Crippen molar-refractivity contribution in [1.82, 2.24) is 9.29 Å². The number of nitrogens with one attached hydrogen (secondary N) is 1. The number of anilines is 1. The number of benzene rings is 1. The number of unbranched alkanes of at least 4 members (excludes halogenated alkanes) is 2. The van der Waals surface area contributed by atoms with Gasteiger partial charge in [-0.05, 0) is 43.2 Å². The Kier molecular flexibility index (Phi) is 7.05. The Morgan fingerprint density at radius 1 is 1.17 bits per heavy atom. The van der Waals surface area contributed by atoms with Crippen LogP contribution in [0.3, 0.4) is 0 Å². The number of fused-ring (bicyclic) bond motifs is 1. The first-order valence-corrected chi connectivity index (χ1v) is 12.0. The predicted octanol–water partition coefficient (Wildman–Crippen LogP) is 4.73. The minimum atomic E-state index is -3.58. The smallest absolute Gasteiger partial charge is 0.293 e. The van der Waals surface area contributed by atoms with Gasteiger partial charge in [0.1, 0.15) is 0 Å². The number of nitrogens with zero attached hydrogens (tertiary/aromatic N) is 2. The van der Waals surface area contributed by atoms with Crippen molar-refractivity contribution in [3.8, 4) is 0 Å². The van der Waals surface area contributed by atoms with Crippen LogP contribution in [0.2, 0.25) is 0 Å². The zero-order valence-corrected chi connectivity index (χ0v) is 18.2.